The predicted octanol–water partition coefficient (Wildman–Crippen LogP) is -6.30. The van der Waals surface area contributed by atoms with Crippen molar-refractivity contribution in [3.05, 3.63) is 0 Å². The van der Waals surface area contributed by atoms with E-state index >= 15 is 0 Å². The second-order valence-electron chi connectivity index (χ2n) is 11.6. The third-order valence-electron chi connectivity index (χ3n) is 7.31. The Labute approximate surface area is 273 Å². The van der Waals surface area contributed by atoms with Crippen LogP contribution in [0, 0.1) is 0 Å². The first-order valence-corrected chi connectivity index (χ1v) is 19.3. The quantitative estimate of drug-likeness (QED) is 0.0280. The zero-order valence-electron chi connectivity index (χ0n) is 26.3. The van der Waals surface area contributed by atoms with Crippen molar-refractivity contribution < 1.29 is 97.3 Å². The molecule has 0 aromatic heterocycles. The van der Waals surface area contributed by atoms with E-state index in [1.165, 1.54) is 14.0 Å². The van der Waals surface area contributed by atoms with Gasteiger partial charge in [-0.3, -0.25) is 0 Å². The second kappa shape index (κ2) is 20.5. The summed E-state index contributed by atoms with van der Waals surface area (Å²) in [6.45, 7) is -0.131. The fourth-order valence-electron chi connectivity index (χ4n) is 4.87. The molecule has 12 atom stereocenters. The second-order valence-corrected chi connectivity index (χ2v) is 15.7. The van der Waals surface area contributed by atoms with Crippen LogP contribution in [0.1, 0.15) is 19.8 Å². The molecule has 0 spiro atoms. The molecule has 12 unspecified atom stereocenters. The van der Waals surface area contributed by atoms with Crippen molar-refractivity contribution in [2.24, 2.45) is 0 Å². The van der Waals surface area contributed by atoms with Gasteiger partial charge in [-0.1, -0.05) is 0 Å². The molecule has 0 bridgehead atoms. The van der Waals surface area contributed by atoms with Gasteiger partial charge in [-0.15, -0.1) is 0 Å². The van der Waals surface area contributed by atoms with E-state index < -0.39 is 97.8 Å². The molecule has 280 valence electrons. The lowest BCUT2D eigenvalue weighted by molar-refractivity contribution is -0.324. The van der Waals surface area contributed by atoms with Gasteiger partial charge in [0.2, 0.25) is 0 Å². The van der Waals surface area contributed by atoms with Crippen LogP contribution in [0.15, 0.2) is 0 Å². The molecule has 0 aromatic rings. The number of aliphatic hydroxyl groups excluding tert-OH is 6. The molecule has 2 heterocycles. The highest BCUT2D eigenvalue weighted by Gasteiger charge is 2.48. The average molecular weight is 729 g/mol. The third-order valence-corrected chi connectivity index (χ3v) is 9.36. The summed E-state index contributed by atoms with van der Waals surface area (Å²) in [4.78, 5) is 54.1. The number of hydrogen-bond acceptors (Lipinski definition) is 20. The maximum Gasteiger partial charge on any atom is 0.492 e. The number of hydrogen-bond donors (Lipinski definition) is 12. The van der Waals surface area contributed by atoms with E-state index in [-0.39, 0.29) is 64.6 Å². The minimum absolute atomic E-state index is 0.0270. The fraction of sp³-hybridized carbons (Fsp3) is 1.00. The van der Waals surface area contributed by atoms with Crippen molar-refractivity contribution in [2.75, 3.05) is 53.4 Å². The van der Waals surface area contributed by atoms with Crippen LogP contribution in [0.5, 0.6) is 0 Å². The molecular formula is C25H52O20Si2. The Kier molecular flexibility index (Phi) is 18.6. The normalized spacial score (nSPS) is 33.6. The molecule has 2 aliphatic rings. The molecule has 2 fully saturated rings. The van der Waals surface area contributed by atoms with E-state index in [1.807, 2.05) is 0 Å². The number of methoxy groups -OCH3 is 1. The number of rotatable bonds is 22. The zero-order valence-corrected chi connectivity index (χ0v) is 28.3. The van der Waals surface area contributed by atoms with Crippen LogP contribution >= 0.6 is 0 Å². The Bertz CT molecular complexity index is 850. The lowest BCUT2D eigenvalue weighted by atomic mass is 9.95. The van der Waals surface area contributed by atoms with Gasteiger partial charge in [0.25, 0.3) is 0 Å². The molecular weight excluding hydrogens is 676 g/mol. The minimum Gasteiger partial charge on any atom is -0.390 e. The maximum absolute atomic E-state index is 10.8. The van der Waals surface area contributed by atoms with Crippen LogP contribution in [0.2, 0.25) is 12.1 Å². The smallest absolute Gasteiger partial charge is 0.390 e. The third kappa shape index (κ3) is 15.6. The molecule has 2 aliphatic heterocycles. The van der Waals surface area contributed by atoms with Crippen LogP contribution in [0.3, 0.4) is 0 Å². The van der Waals surface area contributed by atoms with Crippen molar-refractivity contribution in [2.45, 2.75) is 105 Å². The maximum atomic E-state index is 10.8. The SMILES string of the molecule is COCC1OC(OCC2OC(C)C(O)C(O)C2OCC(O)COCCC[Si](O)(O)O)C(O)C(O)C1OCC(O)OCCC[Si](O)(O)O. The predicted molar refractivity (Wildman–Crippen MR) is 157 cm³/mol. The number of aliphatic hydroxyl groups is 6. The van der Waals surface area contributed by atoms with Crippen molar-refractivity contribution >= 4 is 17.6 Å². The summed E-state index contributed by atoms with van der Waals surface area (Å²) in [5.74, 6) is 0. The highest BCUT2D eigenvalue weighted by atomic mass is 28.4. The summed E-state index contributed by atoms with van der Waals surface area (Å²) < 4.78 is 43.9. The van der Waals surface area contributed by atoms with Gasteiger partial charge in [0.15, 0.2) is 12.6 Å². The molecule has 12 N–H and O–H groups in total. The van der Waals surface area contributed by atoms with Gasteiger partial charge >= 0.3 is 17.6 Å². The Morgan fingerprint density at radius 1 is 0.660 bits per heavy atom. The Hall–Kier alpha value is -0.366. The monoisotopic (exact) mass is 728 g/mol. The lowest BCUT2D eigenvalue weighted by Crippen LogP contribution is -2.62. The summed E-state index contributed by atoms with van der Waals surface area (Å²) in [6, 6.07) is -0.522. The molecule has 0 aromatic carbocycles. The highest BCUT2D eigenvalue weighted by molar-refractivity contribution is 6.56. The van der Waals surface area contributed by atoms with Crippen LogP contribution in [0.25, 0.3) is 0 Å². The first-order chi connectivity index (χ1) is 21.9. The van der Waals surface area contributed by atoms with Crippen LogP contribution in [-0.4, -0.2) is 204 Å². The Morgan fingerprint density at radius 3 is 1.81 bits per heavy atom. The van der Waals surface area contributed by atoms with E-state index in [1.54, 1.807) is 0 Å². The number of ether oxygens (including phenoxy) is 8. The molecule has 20 nitrogen and oxygen atoms in total. The summed E-state index contributed by atoms with van der Waals surface area (Å²) >= 11 is 0. The molecule has 22 heteroatoms. The standard InChI is InChI=1S/C25H52O20Si2/c1-14-19(28)20(29)24(41-10-15(26)9-39-5-3-7-46(32,33)34)17(44-14)12-43-25-22(31)21(30)23(16(45-25)11-38-2)42-13-18(27)40-6-4-8-47(35,36)37/h14-37H,3-13H2,1-2H3. The van der Waals surface area contributed by atoms with E-state index in [0.29, 0.717) is 0 Å². The van der Waals surface area contributed by atoms with Gasteiger partial charge in [0, 0.05) is 32.4 Å². The summed E-state index contributed by atoms with van der Waals surface area (Å²) in [5, 5.41) is 62.9. The van der Waals surface area contributed by atoms with E-state index in [9.17, 15) is 30.6 Å². The highest BCUT2D eigenvalue weighted by Crippen LogP contribution is 2.28. The molecule has 2 saturated heterocycles. The van der Waals surface area contributed by atoms with Gasteiger partial charge in [-0.05, 0) is 19.8 Å². The largest absolute Gasteiger partial charge is 0.492 e. The first-order valence-electron chi connectivity index (χ1n) is 15.2. The topological polar surface area (TPSA) is 317 Å². The van der Waals surface area contributed by atoms with Gasteiger partial charge in [0.05, 0.1) is 39.1 Å². The average Bonchev–Trinajstić information content (AvgIpc) is 2.97. The van der Waals surface area contributed by atoms with Crippen LogP contribution in [-0.2, 0) is 37.9 Å². The van der Waals surface area contributed by atoms with Crippen LogP contribution < -0.4 is 0 Å². The van der Waals surface area contributed by atoms with Gasteiger partial charge in [-0.25, -0.2) is 0 Å². The molecule has 2 rings (SSSR count). The van der Waals surface area contributed by atoms with Crippen molar-refractivity contribution in [3.63, 3.8) is 0 Å². The first kappa shape index (κ1) is 42.8. The summed E-state index contributed by atoms with van der Waals surface area (Å²) in [6.07, 6.45) is -15.3. The fourth-order valence-corrected chi connectivity index (χ4v) is 6.11. The van der Waals surface area contributed by atoms with Gasteiger partial charge in [0.1, 0.15) is 54.9 Å². The molecule has 0 radical (unpaired) electrons. The van der Waals surface area contributed by atoms with Crippen molar-refractivity contribution in [3.8, 4) is 0 Å². The molecule has 0 saturated carbocycles. The molecule has 0 amide bonds. The van der Waals surface area contributed by atoms with E-state index in [0.717, 1.165) is 0 Å². The van der Waals surface area contributed by atoms with Gasteiger partial charge < -0.3 is 97.3 Å². The summed E-state index contributed by atoms with van der Waals surface area (Å²) in [7, 11) is -7.06. The zero-order chi connectivity index (χ0) is 35.4. The van der Waals surface area contributed by atoms with Crippen molar-refractivity contribution in [1.82, 2.24) is 0 Å². The van der Waals surface area contributed by atoms with Crippen molar-refractivity contribution in [1.29, 1.82) is 0 Å². The minimum atomic E-state index is -4.23. The Balaban J connectivity index is 1.91. The van der Waals surface area contributed by atoms with E-state index in [2.05, 4.69) is 0 Å². The summed E-state index contributed by atoms with van der Waals surface area (Å²) in [5.41, 5.74) is 0. The lowest BCUT2D eigenvalue weighted by Gasteiger charge is -2.44. The molecule has 0 aliphatic carbocycles. The van der Waals surface area contributed by atoms with Crippen LogP contribution in [0.4, 0.5) is 0 Å². The van der Waals surface area contributed by atoms with Gasteiger partial charge in [-0.2, -0.15) is 0 Å². The Morgan fingerprint density at radius 2 is 1.21 bits per heavy atom. The molecule has 47 heavy (non-hydrogen) atoms. The van der Waals surface area contributed by atoms with E-state index in [4.69, 9.17) is 66.7 Å².